The molecule has 2 N–H and O–H groups in total. The third kappa shape index (κ3) is 8.52. The van der Waals surface area contributed by atoms with Crippen molar-refractivity contribution >= 4 is 20.2 Å². The molecule has 120 valence electrons. The van der Waals surface area contributed by atoms with Crippen LogP contribution in [0.4, 0.5) is 0 Å². The van der Waals surface area contributed by atoms with E-state index < -0.39 is 9.05 Å². The van der Waals surface area contributed by atoms with E-state index in [2.05, 4.69) is 34.5 Å². The lowest BCUT2D eigenvalue weighted by molar-refractivity contribution is 0.189. The summed E-state index contributed by atoms with van der Waals surface area (Å²) >= 11 is 4.23. The smallest absolute Gasteiger partial charge is 0.266 e. The largest absolute Gasteiger partial charge is 0.314 e. The van der Waals surface area contributed by atoms with Crippen LogP contribution in [0.25, 0.3) is 0 Å². The first-order valence-corrected chi connectivity index (χ1v) is 10.1. The number of hydrogen-bond donors (Lipinski definition) is 2. The highest BCUT2D eigenvalue weighted by Gasteiger charge is 2.24. The van der Waals surface area contributed by atoms with E-state index >= 15 is 0 Å². The van der Waals surface area contributed by atoms with Gasteiger partial charge in [0.1, 0.15) is 0 Å². The fraction of sp³-hybridized carbons (Fsp3) is 1.00. The van der Waals surface area contributed by atoms with Gasteiger partial charge in [-0.05, 0) is 37.1 Å². The van der Waals surface area contributed by atoms with E-state index in [1.165, 1.54) is 32.1 Å². The molecular weight excluding hydrogens is 294 g/mol. The first-order chi connectivity index (χ1) is 9.38. The fourth-order valence-electron chi connectivity index (χ4n) is 3.05. The third-order valence-corrected chi connectivity index (χ3v) is 5.07. The molecule has 6 heteroatoms. The molecule has 3 unspecified atom stereocenters. The maximum absolute atomic E-state index is 10.7. The van der Waals surface area contributed by atoms with E-state index in [1.54, 1.807) is 0 Å². The lowest BCUT2D eigenvalue weighted by atomic mass is 9.73. The Morgan fingerprint density at radius 2 is 2.05 bits per heavy atom. The van der Waals surface area contributed by atoms with Crippen molar-refractivity contribution in [2.75, 3.05) is 19.7 Å². The van der Waals surface area contributed by atoms with Crippen LogP contribution < -0.4 is 5.32 Å². The molecule has 4 atom stereocenters. The molecule has 0 spiro atoms. The average Bonchev–Trinajstić information content (AvgIpc) is 2.35. The van der Waals surface area contributed by atoms with Gasteiger partial charge >= 0.3 is 0 Å². The summed E-state index contributed by atoms with van der Waals surface area (Å²) in [4.78, 5) is 0. The van der Waals surface area contributed by atoms with Gasteiger partial charge in [0.15, 0.2) is 0 Å². The normalized spacial score (nSPS) is 30.1. The van der Waals surface area contributed by atoms with Crippen LogP contribution in [0.3, 0.4) is 0 Å². The average molecular weight is 324 g/mol. The van der Waals surface area contributed by atoms with Crippen molar-refractivity contribution in [3.63, 3.8) is 0 Å². The van der Waals surface area contributed by atoms with Gasteiger partial charge in [0, 0.05) is 17.7 Å². The molecule has 0 bridgehead atoms. The number of nitrogens with one attached hydrogen (secondary N) is 1. The summed E-state index contributed by atoms with van der Waals surface area (Å²) in [6, 6.07) is 0. The molecule has 1 rings (SSSR count). The predicted molar refractivity (Wildman–Crippen MR) is 86.5 cm³/mol. The Labute approximate surface area is 128 Å². The minimum Gasteiger partial charge on any atom is -0.314 e. The summed E-state index contributed by atoms with van der Waals surface area (Å²) < 4.78 is 24.0. The number of hydrogen-bond acceptors (Lipinski definition) is 4. The molecule has 0 aromatic rings. The summed E-state index contributed by atoms with van der Waals surface area (Å²) in [5, 5.41) is 3.21. The van der Waals surface area contributed by atoms with Crippen LogP contribution >= 0.6 is 0 Å². The molecule has 20 heavy (non-hydrogen) atoms. The van der Waals surface area contributed by atoms with E-state index in [-0.39, 0.29) is 6.61 Å². The second-order valence-corrected chi connectivity index (χ2v) is 8.51. The predicted octanol–water partition coefficient (Wildman–Crippen LogP) is 2.97. The molecule has 0 aromatic carbocycles. The zero-order valence-electron chi connectivity index (χ0n) is 12.7. The highest BCUT2D eigenvalue weighted by molar-refractivity contribution is 8.27. The van der Waals surface area contributed by atoms with Crippen molar-refractivity contribution in [2.24, 2.45) is 17.8 Å². The number of unbranched alkanes of at least 4 members (excludes halogenated alkanes) is 1. The molecular formula is C14H29NO3S2. The van der Waals surface area contributed by atoms with Crippen molar-refractivity contribution in [2.45, 2.75) is 52.4 Å². The zero-order valence-corrected chi connectivity index (χ0v) is 14.3. The highest BCUT2D eigenvalue weighted by Crippen LogP contribution is 2.36. The molecule has 1 saturated carbocycles. The molecule has 0 aliphatic heterocycles. The van der Waals surface area contributed by atoms with Crippen LogP contribution in [0.5, 0.6) is 0 Å². The molecule has 0 radical (unpaired) electrons. The van der Waals surface area contributed by atoms with E-state index in [1.807, 2.05) is 0 Å². The standard InChI is InChI=1S/C14H29NO3S2/c1-12-6-7-13(2)14(11-12)5-3-4-8-15-9-10-18-20(16,17)19/h12-15H,3-11H2,1-2H3,(H,16,17,19)/t12?,13?,14-/m0/s1. The van der Waals surface area contributed by atoms with Crippen molar-refractivity contribution < 1.29 is 12.9 Å². The lowest BCUT2D eigenvalue weighted by Gasteiger charge is -2.32. The SMILES string of the molecule is CC1CCC(C)[C@@H](CCCCNCCOS(=O)(O)=S)C1. The molecule has 0 heterocycles. The third-order valence-electron chi connectivity index (χ3n) is 4.31. The van der Waals surface area contributed by atoms with Gasteiger partial charge in [-0.15, -0.1) is 0 Å². The Hall–Kier alpha value is 0.250. The molecule has 1 aliphatic rings. The minimum atomic E-state index is -3.45. The first-order valence-electron chi connectivity index (χ1n) is 7.71. The molecule has 1 fully saturated rings. The molecule has 0 amide bonds. The summed E-state index contributed by atoms with van der Waals surface area (Å²) in [5.74, 6) is 2.69. The molecule has 0 saturated heterocycles. The van der Waals surface area contributed by atoms with Crippen LogP contribution in [0.1, 0.15) is 52.4 Å². The summed E-state index contributed by atoms with van der Waals surface area (Å²) in [6.45, 7) is 6.47. The van der Waals surface area contributed by atoms with Gasteiger partial charge in [0.25, 0.3) is 9.05 Å². The first kappa shape index (κ1) is 18.3. The van der Waals surface area contributed by atoms with Crippen LogP contribution in [-0.4, -0.2) is 28.5 Å². The van der Waals surface area contributed by atoms with E-state index in [4.69, 9.17) is 4.55 Å². The van der Waals surface area contributed by atoms with Crippen LogP contribution in [0.2, 0.25) is 0 Å². The van der Waals surface area contributed by atoms with Crippen molar-refractivity contribution in [3.8, 4) is 0 Å². The maximum atomic E-state index is 10.7. The minimum absolute atomic E-state index is 0.190. The Balaban J connectivity index is 1.96. The van der Waals surface area contributed by atoms with E-state index in [0.717, 1.165) is 30.7 Å². The molecule has 1 aliphatic carbocycles. The van der Waals surface area contributed by atoms with Gasteiger partial charge in [0.05, 0.1) is 6.61 Å². The summed E-state index contributed by atoms with van der Waals surface area (Å²) in [6.07, 6.45) is 7.93. The fourth-order valence-corrected chi connectivity index (χ4v) is 3.55. The van der Waals surface area contributed by atoms with Crippen molar-refractivity contribution in [3.05, 3.63) is 0 Å². The number of rotatable bonds is 9. The van der Waals surface area contributed by atoms with E-state index in [0.29, 0.717) is 6.54 Å². The van der Waals surface area contributed by atoms with Gasteiger partial charge in [-0.1, -0.05) is 39.5 Å². The van der Waals surface area contributed by atoms with Gasteiger partial charge in [-0.3, -0.25) is 8.74 Å². The van der Waals surface area contributed by atoms with Gasteiger partial charge in [0.2, 0.25) is 0 Å². The monoisotopic (exact) mass is 323 g/mol. The summed E-state index contributed by atoms with van der Waals surface area (Å²) in [7, 11) is -3.45. The van der Waals surface area contributed by atoms with E-state index in [9.17, 15) is 4.21 Å². The van der Waals surface area contributed by atoms with Crippen molar-refractivity contribution in [1.29, 1.82) is 0 Å². The van der Waals surface area contributed by atoms with Crippen molar-refractivity contribution in [1.82, 2.24) is 5.32 Å². The molecule has 0 aromatic heterocycles. The second-order valence-electron chi connectivity index (χ2n) is 6.15. The second kappa shape index (κ2) is 9.30. The lowest BCUT2D eigenvalue weighted by Crippen LogP contribution is -2.23. The Kier molecular flexibility index (Phi) is 8.51. The summed E-state index contributed by atoms with van der Waals surface area (Å²) in [5.41, 5.74) is 0. The molecule has 4 nitrogen and oxygen atoms in total. The van der Waals surface area contributed by atoms with Crippen LogP contribution in [0, 0.1) is 17.8 Å². The zero-order chi connectivity index (χ0) is 15.0. The van der Waals surface area contributed by atoms with Crippen LogP contribution in [0.15, 0.2) is 0 Å². The van der Waals surface area contributed by atoms with Gasteiger partial charge in [-0.25, -0.2) is 0 Å². The van der Waals surface area contributed by atoms with Crippen LogP contribution in [-0.2, 0) is 24.4 Å². The quantitative estimate of drug-likeness (QED) is 0.639. The maximum Gasteiger partial charge on any atom is 0.266 e. The highest BCUT2D eigenvalue weighted by atomic mass is 32.9. The Morgan fingerprint density at radius 1 is 1.30 bits per heavy atom. The van der Waals surface area contributed by atoms with Gasteiger partial charge in [-0.2, -0.15) is 4.21 Å². The van der Waals surface area contributed by atoms with Gasteiger partial charge < -0.3 is 5.32 Å². The Morgan fingerprint density at radius 3 is 2.75 bits per heavy atom. The Bertz CT molecular complexity index is 359. The topological polar surface area (TPSA) is 58.6 Å².